The fourth-order valence-electron chi connectivity index (χ4n) is 2.40. The van der Waals surface area contributed by atoms with Gasteiger partial charge in [0.05, 0.1) is 0 Å². The zero-order chi connectivity index (χ0) is 17.4. The van der Waals surface area contributed by atoms with Crippen molar-refractivity contribution in [2.75, 3.05) is 13.3 Å². The molecule has 0 radical (unpaired) electrons. The first-order valence-corrected chi connectivity index (χ1v) is 9.86. The van der Waals surface area contributed by atoms with Gasteiger partial charge >= 0.3 is 7.12 Å². The van der Waals surface area contributed by atoms with E-state index in [2.05, 4.69) is 19.4 Å². The van der Waals surface area contributed by atoms with Gasteiger partial charge in [0.25, 0.3) is 0 Å². The molecule has 0 aromatic heterocycles. The molecule has 2 nitrogen and oxygen atoms in total. The zero-order valence-corrected chi connectivity index (χ0v) is 15.0. The molecular weight excluding hydrogens is 314 g/mol. The Bertz CT molecular complexity index is 688. The Morgan fingerprint density at radius 3 is 1.33 bits per heavy atom. The van der Waals surface area contributed by atoms with E-state index in [1.54, 1.807) is 0 Å². The molecule has 2 N–H and O–H groups in total. The summed E-state index contributed by atoms with van der Waals surface area (Å²) in [7, 11) is -0.392. The lowest BCUT2D eigenvalue weighted by Crippen LogP contribution is -2.29. The molecule has 3 rings (SSSR count). The highest BCUT2D eigenvalue weighted by molar-refractivity contribution is 7.35. The van der Waals surface area contributed by atoms with Crippen molar-refractivity contribution in [3.8, 4) is 22.3 Å². The molecule has 3 aromatic carbocycles. The fraction of sp³-hybridized carbons (Fsp3) is 0.100. The Morgan fingerprint density at radius 1 is 0.625 bits per heavy atom. The van der Waals surface area contributed by atoms with Crippen LogP contribution in [0.3, 0.4) is 0 Å². The maximum Gasteiger partial charge on any atom is 0.488 e. The van der Waals surface area contributed by atoms with Gasteiger partial charge in [0.2, 0.25) is 0 Å². The van der Waals surface area contributed by atoms with E-state index < -0.39 is 7.12 Å². The summed E-state index contributed by atoms with van der Waals surface area (Å²) >= 11 is 0. The summed E-state index contributed by atoms with van der Waals surface area (Å²) in [5.41, 5.74) is 4.55. The van der Waals surface area contributed by atoms with Gasteiger partial charge in [-0.2, -0.15) is 0 Å². The molecule has 0 saturated carbocycles. The Balaban J connectivity index is 0.000000647. The van der Waals surface area contributed by atoms with Crippen LogP contribution in [0.1, 0.15) is 0 Å². The summed E-state index contributed by atoms with van der Waals surface area (Å²) in [5, 5.41) is 19.0. The lowest BCUT2D eigenvalue weighted by Gasteiger charge is -2.10. The predicted octanol–water partition coefficient (Wildman–Crippen LogP) is 3.62. The summed E-state index contributed by atoms with van der Waals surface area (Å²) < 4.78 is 0. The SMILES string of the molecule is CPC.OB(O)c1cc(-c2ccccc2)cc(-c2ccccc2)c1. The van der Waals surface area contributed by atoms with Gasteiger partial charge in [-0.15, -0.1) is 8.58 Å². The topological polar surface area (TPSA) is 40.5 Å². The Hall–Kier alpha value is -1.93. The minimum atomic E-state index is -1.48. The van der Waals surface area contributed by atoms with Crippen molar-refractivity contribution >= 4 is 21.2 Å². The first-order valence-electron chi connectivity index (χ1n) is 7.86. The number of hydrogen-bond acceptors (Lipinski definition) is 2. The van der Waals surface area contributed by atoms with Gasteiger partial charge in [0.1, 0.15) is 0 Å². The normalized spacial score (nSPS) is 9.83. The highest BCUT2D eigenvalue weighted by atomic mass is 31.1. The molecule has 0 aliphatic rings. The van der Waals surface area contributed by atoms with Crippen LogP contribution in [0.5, 0.6) is 0 Å². The molecule has 0 unspecified atom stereocenters. The molecule has 122 valence electrons. The van der Waals surface area contributed by atoms with Crippen LogP contribution in [0.15, 0.2) is 78.9 Å². The van der Waals surface area contributed by atoms with E-state index in [-0.39, 0.29) is 0 Å². The molecule has 4 heteroatoms. The minimum absolute atomic E-state index is 0.496. The molecule has 0 spiro atoms. The lowest BCUT2D eigenvalue weighted by atomic mass is 9.77. The van der Waals surface area contributed by atoms with Gasteiger partial charge < -0.3 is 10.0 Å². The molecule has 0 heterocycles. The summed E-state index contributed by atoms with van der Waals surface area (Å²) in [6.07, 6.45) is 0. The van der Waals surface area contributed by atoms with E-state index in [0.29, 0.717) is 5.46 Å². The monoisotopic (exact) mass is 336 g/mol. The minimum Gasteiger partial charge on any atom is -0.423 e. The van der Waals surface area contributed by atoms with Crippen LogP contribution in [0, 0.1) is 0 Å². The molecule has 0 aliphatic heterocycles. The van der Waals surface area contributed by atoms with Crippen molar-refractivity contribution in [1.29, 1.82) is 0 Å². The first kappa shape index (κ1) is 18.4. The summed E-state index contributed by atoms with van der Waals surface area (Å²) in [4.78, 5) is 0. The van der Waals surface area contributed by atoms with Crippen LogP contribution in [0.4, 0.5) is 0 Å². The van der Waals surface area contributed by atoms with Gasteiger partial charge in [0.15, 0.2) is 0 Å². The molecule has 0 fully saturated rings. The van der Waals surface area contributed by atoms with Crippen LogP contribution >= 0.6 is 8.58 Å². The van der Waals surface area contributed by atoms with Crippen LogP contribution < -0.4 is 5.46 Å². The van der Waals surface area contributed by atoms with E-state index >= 15 is 0 Å². The third-order valence-corrected chi connectivity index (χ3v) is 3.47. The Morgan fingerprint density at radius 2 is 1.00 bits per heavy atom. The van der Waals surface area contributed by atoms with Crippen LogP contribution in [0.25, 0.3) is 22.3 Å². The average molecular weight is 336 g/mol. The first-order chi connectivity index (χ1) is 11.7. The van der Waals surface area contributed by atoms with Crippen molar-refractivity contribution in [2.24, 2.45) is 0 Å². The van der Waals surface area contributed by atoms with Crippen molar-refractivity contribution in [2.45, 2.75) is 0 Å². The largest absolute Gasteiger partial charge is 0.488 e. The maximum absolute atomic E-state index is 9.52. The maximum atomic E-state index is 9.52. The van der Waals surface area contributed by atoms with Gasteiger partial charge in [-0.3, -0.25) is 0 Å². The van der Waals surface area contributed by atoms with Crippen molar-refractivity contribution in [3.05, 3.63) is 78.9 Å². The van der Waals surface area contributed by atoms with E-state index in [9.17, 15) is 10.0 Å². The van der Waals surface area contributed by atoms with Gasteiger partial charge in [-0.25, -0.2) is 0 Å². The zero-order valence-electron chi connectivity index (χ0n) is 14.0. The average Bonchev–Trinajstić information content (AvgIpc) is 2.63. The van der Waals surface area contributed by atoms with Crippen LogP contribution in [-0.2, 0) is 0 Å². The second-order valence-electron chi connectivity index (χ2n) is 5.45. The third kappa shape index (κ3) is 5.04. The van der Waals surface area contributed by atoms with E-state index in [1.165, 1.54) is 0 Å². The summed E-state index contributed by atoms with van der Waals surface area (Å²) in [6, 6.07) is 25.6. The molecule has 0 bridgehead atoms. The van der Waals surface area contributed by atoms with Gasteiger partial charge in [-0.1, -0.05) is 72.8 Å². The highest BCUT2D eigenvalue weighted by Crippen LogP contribution is 2.25. The number of benzene rings is 3. The number of hydrogen-bond donors (Lipinski definition) is 2. The lowest BCUT2D eigenvalue weighted by molar-refractivity contribution is 0.426. The highest BCUT2D eigenvalue weighted by Gasteiger charge is 2.14. The van der Waals surface area contributed by atoms with Crippen LogP contribution in [-0.4, -0.2) is 30.5 Å². The van der Waals surface area contributed by atoms with E-state index in [1.807, 2.05) is 72.8 Å². The Kier molecular flexibility index (Phi) is 7.20. The van der Waals surface area contributed by atoms with Gasteiger partial charge in [0, 0.05) is 0 Å². The van der Waals surface area contributed by atoms with Crippen molar-refractivity contribution in [3.63, 3.8) is 0 Å². The quantitative estimate of drug-likeness (QED) is 0.566. The molecule has 24 heavy (non-hydrogen) atoms. The van der Waals surface area contributed by atoms with E-state index in [0.717, 1.165) is 30.8 Å². The third-order valence-electron chi connectivity index (χ3n) is 3.47. The fourth-order valence-corrected chi connectivity index (χ4v) is 2.40. The molecule has 0 atom stereocenters. The van der Waals surface area contributed by atoms with Gasteiger partial charge in [-0.05, 0) is 47.1 Å². The number of rotatable bonds is 3. The Labute approximate surface area is 146 Å². The second kappa shape index (κ2) is 9.39. The van der Waals surface area contributed by atoms with Crippen LogP contribution in [0.2, 0.25) is 0 Å². The second-order valence-corrected chi connectivity index (χ2v) is 6.45. The summed E-state index contributed by atoms with van der Waals surface area (Å²) in [6.45, 7) is 4.31. The van der Waals surface area contributed by atoms with Crippen molar-refractivity contribution in [1.82, 2.24) is 0 Å². The molecule has 0 amide bonds. The smallest absolute Gasteiger partial charge is 0.423 e. The van der Waals surface area contributed by atoms with E-state index in [4.69, 9.17) is 0 Å². The molecular formula is C20H22BO2P. The molecule has 0 saturated heterocycles. The molecule has 3 aromatic rings. The summed E-state index contributed by atoms with van der Waals surface area (Å²) in [5.74, 6) is 0. The predicted molar refractivity (Wildman–Crippen MR) is 107 cm³/mol. The standard InChI is InChI=1S/C18H15BO2.C2H7P/c20-19(21)18-12-16(14-7-3-1-4-8-14)11-17(13-18)15-9-5-2-6-10-15;1-3-2/h1-13,20-21H;3H,1-2H3. The molecule has 0 aliphatic carbocycles. The van der Waals surface area contributed by atoms with Crippen molar-refractivity contribution < 1.29 is 10.0 Å².